The van der Waals surface area contributed by atoms with E-state index in [9.17, 15) is 17.6 Å². The molecule has 0 saturated heterocycles. The number of halogens is 1. The largest absolute Gasteiger partial charge is 0.356 e. The summed E-state index contributed by atoms with van der Waals surface area (Å²) in [6.07, 6.45) is 0.554. The van der Waals surface area contributed by atoms with E-state index < -0.39 is 15.8 Å². The van der Waals surface area contributed by atoms with Gasteiger partial charge in [-0.2, -0.15) is 0 Å². The minimum Gasteiger partial charge on any atom is -0.356 e. The van der Waals surface area contributed by atoms with Gasteiger partial charge in [0.2, 0.25) is 5.91 Å². The van der Waals surface area contributed by atoms with Gasteiger partial charge < -0.3 is 5.32 Å². The summed E-state index contributed by atoms with van der Waals surface area (Å²) in [7, 11) is -3.75. The van der Waals surface area contributed by atoms with E-state index in [1.54, 1.807) is 13.0 Å². The molecule has 8 heteroatoms. The molecule has 124 valence electrons. The van der Waals surface area contributed by atoms with E-state index in [2.05, 4.69) is 10.0 Å². The standard InChI is InChI=1S/C15H17FN2O3S2/c1-10-3-4-12(9-14(10)16)18-23(20,21)15-6-5-13(22-15)7-8-17-11(2)19/h3-6,9,18H,7-8H2,1-2H3,(H,17,19). The van der Waals surface area contributed by atoms with Crippen LogP contribution in [0.5, 0.6) is 0 Å². The SMILES string of the molecule is CC(=O)NCCc1ccc(S(=O)(=O)Nc2ccc(C)c(F)c2)s1. The first kappa shape index (κ1) is 17.4. The van der Waals surface area contributed by atoms with E-state index in [0.717, 1.165) is 22.3 Å². The molecule has 1 aromatic heterocycles. The molecule has 1 amide bonds. The molecule has 0 aliphatic carbocycles. The molecule has 5 nitrogen and oxygen atoms in total. The second-order valence-corrected chi connectivity index (χ2v) is 8.10. The highest BCUT2D eigenvalue weighted by molar-refractivity contribution is 7.94. The molecule has 0 aliphatic heterocycles. The lowest BCUT2D eigenvalue weighted by atomic mass is 10.2. The van der Waals surface area contributed by atoms with Crippen molar-refractivity contribution < 1.29 is 17.6 Å². The third-order valence-electron chi connectivity index (χ3n) is 3.07. The number of thiophene rings is 1. The Morgan fingerprint density at radius 3 is 2.65 bits per heavy atom. The minimum absolute atomic E-state index is 0.127. The van der Waals surface area contributed by atoms with Gasteiger partial charge in [0, 0.05) is 18.3 Å². The Balaban J connectivity index is 2.08. The highest BCUT2D eigenvalue weighted by atomic mass is 32.2. The lowest BCUT2D eigenvalue weighted by Crippen LogP contribution is -2.22. The Bertz CT molecular complexity index is 816. The minimum atomic E-state index is -3.75. The summed E-state index contributed by atoms with van der Waals surface area (Å²) in [5, 5.41) is 2.65. The zero-order chi connectivity index (χ0) is 17.0. The first-order chi connectivity index (χ1) is 10.8. The van der Waals surface area contributed by atoms with Crippen LogP contribution < -0.4 is 10.0 Å². The van der Waals surface area contributed by atoms with Crippen LogP contribution in [0.2, 0.25) is 0 Å². The number of nitrogens with one attached hydrogen (secondary N) is 2. The van der Waals surface area contributed by atoms with Crippen molar-refractivity contribution in [3.63, 3.8) is 0 Å². The van der Waals surface area contributed by atoms with Crippen molar-refractivity contribution in [2.45, 2.75) is 24.5 Å². The maximum Gasteiger partial charge on any atom is 0.271 e. The molecule has 2 N–H and O–H groups in total. The van der Waals surface area contributed by atoms with E-state index in [1.165, 1.54) is 25.1 Å². The number of carbonyl (C=O) groups is 1. The zero-order valence-corrected chi connectivity index (χ0v) is 14.4. The van der Waals surface area contributed by atoms with Crippen LogP contribution >= 0.6 is 11.3 Å². The van der Waals surface area contributed by atoms with Gasteiger partial charge in [-0.3, -0.25) is 9.52 Å². The third kappa shape index (κ3) is 4.77. The van der Waals surface area contributed by atoms with E-state index in [-0.39, 0.29) is 15.8 Å². The first-order valence-corrected chi connectivity index (χ1v) is 9.20. The van der Waals surface area contributed by atoms with Crippen molar-refractivity contribution in [2.24, 2.45) is 0 Å². The van der Waals surface area contributed by atoms with Gasteiger partial charge >= 0.3 is 0 Å². The normalized spacial score (nSPS) is 11.3. The van der Waals surface area contributed by atoms with Gasteiger partial charge in [-0.05, 0) is 43.2 Å². The van der Waals surface area contributed by atoms with Crippen LogP contribution in [0, 0.1) is 12.7 Å². The van der Waals surface area contributed by atoms with Gasteiger partial charge in [-0.1, -0.05) is 6.07 Å². The Labute approximate surface area is 138 Å². The number of hydrogen-bond acceptors (Lipinski definition) is 4. The topological polar surface area (TPSA) is 75.3 Å². The van der Waals surface area contributed by atoms with Gasteiger partial charge in [0.15, 0.2) is 0 Å². The van der Waals surface area contributed by atoms with Crippen LogP contribution in [0.25, 0.3) is 0 Å². The highest BCUT2D eigenvalue weighted by Gasteiger charge is 2.17. The van der Waals surface area contributed by atoms with Crippen molar-refractivity contribution in [3.05, 3.63) is 46.6 Å². The number of amides is 1. The van der Waals surface area contributed by atoms with Crippen LogP contribution in [-0.4, -0.2) is 20.9 Å². The molecular weight excluding hydrogens is 339 g/mol. The van der Waals surface area contributed by atoms with Crippen LogP contribution in [0.3, 0.4) is 0 Å². The summed E-state index contributed by atoms with van der Waals surface area (Å²) < 4.78 is 40.6. The summed E-state index contributed by atoms with van der Waals surface area (Å²) in [5.74, 6) is -0.593. The van der Waals surface area contributed by atoms with Crippen molar-refractivity contribution in [2.75, 3.05) is 11.3 Å². The highest BCUT2D eigenvalue weighted by Crippen LogP contribution is 2.25. The van der Waals surface area contributed by atoms with Crippen LogP contribution in [-0.2, 0) is 21.2 Å². The molecule has 0 atom stereocenters. The van der Waals surface area contributed by atoms with Gasteiger partial charge in [-0.25, -0.2) is 12.8 Å². The predicted octanol–water partition coefficient (Wildman–Crippen LogP) is 2.68. The van der Waals surface area contributed by atoms with Gasteiger partial charge in [0.1, 0.15) is 10.0 Å². The van der Waals surface area contributed by atoms with E-state index >= 15 is 0 Å². The summed E-state index contributed by atoms with van der Waals surface area (Å²) in [5.41, 5.74) is 0.630. The van der Waals surface area contributed by atoms with Crippen LogP contribution in [0.1, 0.15) is 17.4 Å². The molecule has 2 rings (SSSR count). The first-order valence-electron chi connectivity index (χ1n) is 6.90. The molecule has 0 radical (unpaired) electrons. The average molecular weight is 356 g/mol. The van der Waals surface area contributed by atoms with E-state index in [4.69, 9.17) is 0 Å². The fraction of sp³-hybridized carbons (Fsp3) is 0.267. The summed E-state index contributed by atoms with van der Waals surface area (Å²) >= 11 is 1.12. The van der Waals surface area contributed by atoms with Gasteiger partial charge in [-0.15, -0.1) is 11.3 Å². The Kier molecular flexibility index (Phi) is 5.38. The number of sulfonamides is 1. The molecule has 0 aliphatic rings. The number of rotatable bonds is 6. The monoisotopic (exact) mass is 356 g/mol. The number of aryl methyl sites for hydroxylation is 1. The van der Waals surface area contributed by atoms with Crippen LogP contribution in [0.15, 0.2) is 34.5 Å². The van der Waals surface area contributed by atoms with E-state index in [0.29, 0.717) is 18.5 Å². The molecule has 1 aromatic carbocycles. The number of carbonyl (C=O) groups excluding carboxylic acids is 1. The molecule has 23 heavy (non-hydrogen) atoms. The Hall–Kier alpha value is -1.93. The molecule has 0 fully saturated rings. The average Bonchev–Trinajstić information content (AvgIpc) is 2.92. The Morgan fingerprint density at radius 1 is 1.26 bits per heavy atom. The van der Waals surface area contributed by atoms with Crippen molar-refractivity contribution in [1.82, 2.24) is 5.32 Å². The lowest BCUT2D eigenvalue weighted by molar-refractivity contribution is -0.118. The van der Waals surface area contributed by atoms with Gasteiger partial charge in [0.25, 0.3) is 10.0 Å². The maximum atomic E-state index is 13.5. The molecule has 1 heterocycles. The Morgan fingerprint density at radius 2 is 2.00 bits per heavy atom. The molecule has 0 unspecified atom stereocenters. The molecule has 0 bridgehead atoms. The number of hydrogen-bond donors (Lipinski definition) is 2. The van der Waals surface area contributed by atoms with Gasteiger partial charge in [0.05, 0.1) is 5.69 Å². The zero-order valence-electron chi connectivity index (χ0n) is 12.7. The van der Waals surface area contributed by atoms with Crippen molar-refractivity contribution in [3.8, 4) is 0 Å². The smallest absolute Gasteiger partial charge is 0.271 e. The predicted molar refractivity (Wildman–Crippen MR) is 88.7 cm³/mol. The molecule has 2 aromatic rings. The molecule has 0 spiro atoms. The fourth-order valence-corrected chi connectivity index (χ4v) is 4.27. The quantitative estimate of drug-likeness (QED) is 0.836. The summed E-state index contributed by atoms with van der Waals surface area (Å²) in [6, 6.07) is 7.39. The van der Waals surface area contributed by atoms with Crippen molar-refractivity contribution >= 4 is 33.0 Å². The maximum absolute atomic E-state index is 13.5. The third-order valence-corrected chi connectivity index (χ3v) is 6.09. The second-order valence-electron chi connectivity index (χ2n) is 5.02. The van der Waals surface area contributed by atoms with Crippen molar-refractivity contribution in [1.29, 1.82) is 0 Å². The second kappa shape index (κ2) is 7.10. The summed E-state index contributed by atoms with van der Waals surface area (Å²) in [6.45, 7) is 3.48. The van der Waals surface area contributed by atoms with E-state index in [1.807, 2.05) is 0 Å². The summed E-state index contributed by atoms with van der Waals surface area (Å²) in [4.78, 5) is 11.7. The number of benzene rings is 1. The number of anilines is 1. The fourth-order valence-electron chi connectivity index (χ4n) is 1.86. The molecule has 0 saturated carbocycles. The van der Waals surface area contributed by atoms with Crippen LogP contribution in [0.4, 0.5) is 10.1 Å². The lowest BCUT2D eigenvalue weighted by Gasteiger charge is -2.07. The molecular formula is C15H17FN2O3S2.